The van der Waals surface area contributed by atoms with Crippen molar-refractivity contribution in [2.75, 3.05) is 0 Å². The molecule has 0 N–H and O–H groups in total. The Hall–Kier alpha value is -2.88. The van der Waals surface area contributed by atoms with Crippen molar-refractivity contribution in [1.82, 2.24) is 9.47 Å². The average Bonchev–Trinajstić information content (AvgIpc) is 3.36. The summed E-state index contributed by atoms with van der Waals surface area (Å²) in [6.07, 6.45) is 8.68. The van der Waals surface area contributed by atoms with Crippen molar-refractivity contribution in [3.8, 4) is 0 Å². The van der Waals surface area contributed by atoms with Gasteiger partial charge in [0.25, 0.3) is 5.56 Å². The van der Waals surface area contributed by atoms with Gasteiger partial charge in [0.2, 0.25) is 5.91 Å². The summed E-state index contributed by atoms with van der Waals surface area (Å²) >= 11 is 0. The smallest absolute Gasteiger partial charge is 0.255 e. The molecule has 3 aromatic rings. The van der Waals surface area contributed by atoms with E-state index in [0.29, 0.717) is 12.5 Å². The molecule has 0 saturated heterocycles. The molecule has 2 unspecified atom stereocenters. The van der Waals surface area contributed by atoms with Gasteiger partial charge in [0, 0.05) is 30.5 Å². The molecular formula is C29H34N2O2. The van der Waals surface area contributed by atoms with E-state index in [1.807, 2.05) is 37.4 Å². The van der Waals surface area contributed by atoms with Gasteiger partial charge in [0.05, 0.1) is 12.1 Å². The second-order valence-corrected chi connectivity index (χ2v) is 9.91. The van der Waals surface area contributed by atoms with Gasteiger partial charge in [-0.25, -0.2) is 0 Å². The molecule has 2 fully saturated rings. The zero-order chi connectivity index (χ0) is 22.8. The van der Waals surface area contributed by atoms with Gasteiger partial charge in [0.15, 0.2) is 0 Å². The minimum absolute atomic E-state index is 0.00408. The number of fused-ring (bicyclic) bond motifs is 1. The first kappa shape index (κ1) is 21.9. The van der Waals surface area contributed by atoms with E-state index in [-0.39, 0.29) is 23.4 Å². The molecule has 0 radical (unpaired) electrons. The molecule has 2 atom stereocenters. The first-order valence-electron chi connectivity index (χ1n) is 12.6. The van der Waals surface area contributed by atoms with Crippen LogP contribution in [-0.2, 0) is 18.4 Å². The lowest BCUT2D eigenvalue weighted by molar-refractivity contribution is -0.140. The number of pyridine rings is 1. The quantitative estimate of drug-likeness (QED) is 0.502. The van der Waals surface area contributed by atoms with E-state index in [1.54, 1.807) is 4.57 Å². The molecule has 4 heteroatoms. The summed E-state index contributed by atoms with van der Waals surface area (Å²) in [6.45, 7) is 0.404. The summed E-state index contributed by atoms with van der Waals surface area (Å²) in [5.41, 5.74) is 2.97. The van der Waals surface area contributed by atoms with Crippen LogP contribution < -0.4 is 5.56 Å². The molecule has 5 rings (SSSR count). The summed E-state index contributed by atoms with van der Waals surface area (Å²) in [4.78, 5) is 29.4. The maximum Gasteiger partial charge on any atom is 0.255 e. The third kappa shape index (κ3) is 4.36. The second kappa shape index (κ2) is 9.54. The standard InChI is InChI=1S/C29H34N2O2/c1-30-26-17-9-8-15-23(26)19-24(28(30)32)20-31(29(33)22-13-6-3-7-14-22)27-18-10-16-25(27)21-11-4-2-5-12-21/h2,4-5,8-9,11-12,15,17,19,22,25,27H,3,6-7,10,13-14,16,18,20H2,1H3. The molecule has 2 aromatic carbocycles. The minimum atomic E-state index is 0.00408. The third-order valence-corrected chi connectivity index (χ3v) is 7.89. The largest absolute Gasteiger partial charge is 0.334 e. The van der Waals surface area contributed by atoms with Crippen LogP contribution in [0.15, 0.2) is 65.5 Å². The second-order valence-electron chi connectivity index (χ2n) is 9.91. The number of hydrogen-bond donors (Lipinski definition) is 0. The Kier molecular flexibility index (Phi) is 6.34. The Morgan fingerprint density at radius 2 is 1.64 bits per heavy atom. The van der Waals surface area contributed by atoms with Gasteiger partial charge in [0.1, 0.15) is 0 Å². The number of nitrogens with zero attached hydrogens (tertiary/aromatic N) is 2. The first-order chi connectivity index (χ1) is 16.1. The Balaban J connectivity index is 1.53. The van der Waals surface area contributed by atoms with Crippen LogP contribution in [0.5, 0.6) is 0 Å². The summed E-state index contributed by atoms with van der Waals surface area (Å²) in [6, 6.07) is 20.8. The highest BCUT2D eigenvalue weighted by molar-refractivity contribution is 5.81. The van der Waals surface area contributed by atoms with Crippen LogP contribution in [0, 0.1) is 5.92 Å². The van der Waals surface area contributed by atoms with Crippen molar-refractivity contribution in [3.05, 3.63) is 82.1 Å². The van der Waals surface area contributed by atoms with Crippen molar-refractivity contribution in [3.63, 3.8) is 0 Å². The van der Waals surface area contributed by atoms with Crippen molar-refractivity contribution in [2.45, 2.75) is 69.9 Å². The fourth-order valence-electron chi connectivity index (χ4n) is 6.13. The molecule has 172 valence electrons. The van der Waals surface area contributed by atoms with Gasteiger partial charge < -0.3 is 9.47 Å². The van der Waals surface area contributed by atoms with E-state index >= 15 is 0 Å². The van der Waals surface area contributed by atoms with Crippen LogP contribution in [0.3, 0.4) is 0 Å². The van der Waals surface area contributed by atoms with Crippen LogP contribution in [0.1, 0.15) is 68.4 Å². The number of benzene rings is 2. The number of carbonyl (C=O) groups excluding carboxylic acids is 1. The third-order valence-electron chi connectivity index (χ3n) is 7.89. The molecule has 1 heterocycles. The van der Waals surface area contributed by atoms with Gasteiger partial charge in [-0.15, -0.1) is 0 Å². The van der Waals surface area contributed by atoms with Gasteiger partial charge in [-0.2, -0.15) is 0 Å². The fourth-order valence-corrected chi connectivity index (χ4v) is 6.13. The fraction of sp³-hybridized carbons (Fsp3) is 0.448. The van der Waals surface area contributed by atoms with E-state index in [9.17, 15) is 9.59 Å². The Morgan fingerprint density at radius 3 is 2.42 bits per heavy atom. The number of aromatic nitrogens is 1. The normalized spacial score (nSPS) is 21.4. The molecule has 1 aromatic heterocycles. The Morgan fingerprint density at radius 1 is 0.909 bits per heavy atom. The van der Waals surface area contributed by atoms with E-state index in [2.05, 4.69) is 35.2 Å². The van der Waals surface area contributed by atoms with Gasteiger partial charge >= 0.3 is 0 Å². The predicted molar refractivity (Wildman–Crippen MR) is 133 cm³/mol. The zero-order valence-corrected chi connectivity index (χ0v) is 19.6. The molecule has 4 nitrogen and oxygen atoms in total. The van der Waals surface area contributed by atoms with Crippen LogP contribution in [-0.4, -0.2) is 21.4 Å². The highest BCUT2D eigenvalue weighted by atomic mass is 16.2. The van der Waals surface area contributed by atoms with Crippen molar-refractivity contribution in [2.24, 2.45) is 13.0 Å². The molecular weight excluding hydrogens is 408 g/mol. The molecule has 2 saturated carbocycles. The van der Waals surface area contributed by atoms with Crippen molar-refractivity contribution in [1.29, 1.82) is 0 Å². The van der Waals surface area contributed by atoms with Gasteiger partial charge in [-0.3, -0.25) is 9.59 Å². The van der Waals surface area contributed by atoms with Crippen LogP contribution >= 0.6 is 0 Å². The molecule has 2 aliphatic rings. The Bertz CT molecular complexity index is 1180. The van der Waals surface area contributed by atoms with E-state index in [4.69, 9.17) is 0 Å². The molecule has 1 amide bonds. The topological polar surface area (TPSA) is 42.3 Å². The number of aryl methyl sites for hydroxylation is 1. The van der Waals surface area contributed by atoms with E-state index in [0.717, 1.165) is 61.4 Å². The SMILES string of the molecule is Cn1c(=O)c(CN(C(=O)C2CCCCC2)C2CCCC2c2ccccc2)cc2ccccc21. The average molecular weight is 443 g/mol. The number of rotatable bonds is 5. The van der Waals surface area contributed by atoms with Crippen LogP contribution in [0.4, 0.5) is 0 Å². The van der Waals surface area contributed by atoms with Crippen molar-refractivity contribution >= 4 is 16.8 Å². The first-order valence-corrected chi connectivity index (χ1v) is 12.6. The van der Waals surface area contributed by atoms with Crippen molar-refractivity contribution < 1.29 is 4.79 Å². The zero-order valence-electron chi connectivity index (χ0n) is 19.6. The number of para-hydroxylation sites is 1. The maximum atomic E-state index is 13.9. The highest BCUT2D eigenvalue weighted by Gasteiger charge is 2.38. The monoisotopic (exact) mass is 442 g/mol. The Labute approximate surface area is 196 Å². The number of hydrogen-bond acceptors (Lipinski definition) is 2. The van der Waals surface area contributed by atoms with Crippen LogP contribution in [0.2, 0.25) is 0 Å². The van der Waals surface area contributed by atoms with Crippen LogP contribution in [0.25, 0.3) is 10.9 Å². The lowest BCUT2D eigenvalue weighted by Gasteiger charge is -2.37. The number of amides is 1. The number of carbonyl (C=O) groups is 1. The summed E-state index contributed by atoms with van der Waals surface area (Å²) in [7, 11) is 1.84. The lowest BCUT2D eigenvalue weighted by Crippen LogP contribution is -2.45. The summed E-state index contributed by atoms with van der Waals surface area (Å²) < 4.78 is 1.73. The minimum Gasteiger partial charge on any atom is -0.334 e. The van der Waals surface area contributed by atoms with Gasteiger partial charge in [-0.1, -0.05) is 74.2 Å². The molecule has 0 spiro atoms. The molecule has 0 bridgehead atoms. The molecule has 2 aliphatic carbocycles. The summed E-state index contributed by atoms with van der Waals surface area (Å²) in [5, 5.41) is 1.05. The van der Waals surface area contributed by atoms with Gasteiger partial charge in [-0.05, 0) is 48.8 Å². The molecule has 33 heavy (non-hydrogen) atoms. The van der Waals surface area contributed by atoms with E-state index in [1.165, 1.54) is 12.0 Å². The van der Waals surface area contributed by atoms with E-state index < -0.39 is 0 Å². The lowest BCUT2D eigenvalue weighted by atomic mass is 9.86. The predicted octanol–water partition coefficient (Wildman–Crippen LogP) is 5.78. The highest BCUT2D eigenvalue weighted by Crippen LogP contribution is 2.40. The maximum absolute atomic E-state index is 13.9. The molecule has 0 aliphatic heterocycles. The summed E-state index contributed by atoms with van der Waals surface area (Å²) in [5.74, 6) is 0.695.